The monoisotopic (exact) mass is 539 g/mol. The van der Waals surface area contributed by atoms with Crippen LogP contribution >= 0.6 is 0 Å². The van der Waals surface area contributed by atoms with Gasteiger partial charge in [0.25, 0.3) is 0 Å². The van der Waals surface area contributed by atoms with E-state index in [1.807, 2.05) is 20.8 Å². The van der Waals surface area contributed by atoms with Crippen molar-refractivity contribution in [2.75, 3.05) is 13.2 Å². The number of carbonyl (C=O) groups excluding carboxylic acids is 2. The van der Waals surface area contributed by atoms with Gasteiger partial charge in [-0.15, -0.1) is 18.3 Å². The number of halogens is 3. The van der Waals surface area contributed by atoms with E-state index in [1.165, 1.54) is 27.8 Å². The Hall–Kier alpha value is -3.19. The van der Waals surface area contributed by atoms with E-state index in [0.717, 1.165) is 24.6 Å². The van der Waals surface area contributed by atoms with Crippen molar-refractivity contribution < 1.29 is 37.7 Å². The normalized spacial score (nSPS) is 21.7. The van der Waals surface area contributed by atoms with E-state index < -0.39 is 60.2 Å². The molecule has 1 aliphatic heterocycles. The molecule has 3 N–H and O–H groups in total. The minimum atomic E-state index is -4.97. The summed E-state index contributed by atoms with van der Waals surface area (Å²) in [6.45, 7) is 4.74. The number of likely N-dealkylation sites (tertiary alicyclic amines) is 1. The summed E-state index contributed by atoms with van der Waals surface area (Å²) < 4.78 is 44.2. The van der Waals surface area contributed by atoms with E-state index >= 15 is 0 Å². The van der Waals surface area contributed by atoms with Gasteiger partial charge in [0, 0.05) is 30.6 Å². The van der Waals surface area contributed by atoms with Gasteiger partial charge in [-0.25, -0.2) is 4.68 Å². The molecule has 1 saturated heterocycles. The van der Waals surface area contributed by atoms with Crippen molar-refractivity contribution in [2.45, 2.75) is 76.5 Å². The number of aliphatic hydroxyl groups is 2. The molecule has 1 saturated carbocycles. The van der Waals surface area contributed by atoms with Crippen molar-refractivity contribution in [1.29, 1.82) is 0 Å². The lowest BCUT2D eigenvalue weighted by molar-refractivity contribution is -0.275. The maximum absolute atomic E-state index is 13.8. The van der Waals surface area contributed by atoms with Crippen LogP contribution in [0.2, 0.25) is 0 Å². The van der Waals surface area contributed by atoms with Gasteiger partial charge in [-0.3, -0.25) is 9.59 Å². The molecule has 2 fully saturated rings. The number of nitrogens with zero attached hydrogens (tertiary/aromatic N) is 4. The second-order valence-corrected chi connectivity index (χ2v) is 10.9. The van der Waals surface area contributed by atoms with Gasteiger partial charge in [0.15, 0.2) is 0 Å². The van der Waals surface area contributed by atoms with Crippen molar-refractivity contribution in [3.63, 3.8) is 0 Å². The highest BCUT2D eigenvalue weighted by atomic mass is 19.4. The van der Waals surface area contributed by atoms with Crippen molar-refractivity contribution in [3.05, 3.63) is 41.7 Å². The smallest absolute Gasteiger partial charge is 0.405 e. The van der Waals surface area contributed by atoms with Crippen molar-refractivity contribution in [2.24, 2.45) is 5.41 Å². The number of para-hydroxylation sites is 1. The van der Waals surface area contributed by atoms with E-state index in [4.69, 9.17) is 0 Å². The lowest BCUT2D eigenvalue weighted by Crippen LogP contribution is -2.51. The highest BCUT2D eigenvalue weighted by Crippen LogP contribution is 2.40. The number of β-amino-alcohol motifs (C(OH)–C–C–N with tert-alkyl or cyclic N) is 1. The van der Waals surface area contributed by atoms with Gasteiger partial charge in [-0.05, 0) is 24.3 Å². The third kappa shape index (κ3) is 6.26. The molecule has 38 heavy (non-hydrogen) atoms. The summed E-state index contributed by atoms with van der Waals surface area (Å²) in [6.07, 6.45) is -2.26. The molecule has 2 heterocycles. The summed E-state index contributed by atoms with van der Waals surface area (Å²) in [5.41, 5.74) is 0.0926. The first kappa shape index (κ1) is 27.8. The quantitative estimate of drug-likeness (QED) is 0.470. The van der Waals surface area contributed by atoms with Crippen LogP contribution in [0.3, 0.4) is 0 Å². The zero-order valence-corrected chi connectivity index (χ0v) is 21.4. The highest BCUT2D eigenvalue weighted by molar-refractivity contribution is 5.90. The molecule has 4 atom stereocenters. The summed E-state index contributed by atoms with van der Waals surface area (Å²) >= 11 is 0. The molecule has 0 bridgehead atoms. The van der Waals surface area contributed by atoms with Crippen LogP contribution in [-0.2, 0) is 9.59 Å². The Morgan fingerprint density at radius 3 is 2.50 bits per heavy atom. The van der Waals surface area contributed by atoms with E-state index in [2.05, 4.69) is 20.4 Å². The first-order valence-electron chi connectivity index (χ1n) is 12.4. The number of rotatable bonds is 8. The summed E-state index contributed by atoms with van der Waals surface area (Å²) in [4.78, 5) is 28.4. The average Bonchev–Trinajstić information content (AvgIpc) is 3.43. The third-order valence-electron chi connectivity index (χ3n) is 6.73. The van der Waals surface area contributed by atoms with Crippen LogP contribution in [0, 0.1) is 5.41 Å². The van der Waals surface area contributed by atoms with Crippen LogP contribution < -0.4 is 10.1 Å². The molecule has 4 rings (SSSR count). The fraction of sp³-hybridized carbons (Fsp3) is 0.600. The Morgan fingerprint density at radius 2 is 1.89 bits per heavy atom. The van der Waals surface area contributed by atoms with Crippen molar-refractivity contribution in [1.82, 2.24) is 25.2 Å². The summed E-state index contributed by atoms with van der Waals surface area (Å²) in [5, 5.41) is 31.2. The molecule has 208 valence electrons. The predicted molar refractivity (Wildman–Crippen MR) is 128 cm³/mol. The number of hydrogen-bond acceptors (Lipinski definition) is 7. The number of hydrogen-bond donors (Lipinski definition) is 3. The van der Waals surface area contributed by atoms with E-state index in [1.54, 1.807) is 6.20 Å². The number of aromatic nitrogens is 3. The summed E-state index contributed by atoms with van der Waals surface area (Å²) in [5.74, 6) is -1.40. The second-order valence-electron chi connectivity index (χ2n) is 10.9. The van der Waals surface area contributed by atoms with Gasteiger partial charge >= 0.3 is 6.36 Å². The van der Waals surface area contributed by atoms with Gasteiger partial charge < -0.3 is 25.2 Å². The number of ether oxygens (including phenoxy) is 1. The molecule has 0 radical (unpaired) electrons. The van der Waals surface area contributed by atoms with Crippen LogP contribution in [0.4, 0.5) is 13.2 Å². The van der Waals surface area contributed by atoms with Crippen molar-refractivity contribution in [3.8, 4) is 5.75 Å². The Morgan fingerprint density at radius 1 is 1.21 bits per heavy atom. The maximum atomic E-state index is 13.8. The fourth-order valence-corrected chi connectivity index (χ4v) is 4.80. The van der Waals surface area contributed by atoms with Crippen LogP contribution in [0.5, 0.6) is 5.75 Å². The molecule has 1 unspecified atom stereocenters. The van der Waals surface area contributed by atoms with Gasteiger partial charge in [-0.2, -0.15) is 0 Å². The lowest BCUT2D eigenvalue weighted by atomic mass is 9.85. The SMILES string of the molecule is CC(C)(C)[C@@H](C(=O)N1C[C@H](O)C[C@H]1C(=O)NC(CO)c1ccccc1OC(F)(F)F)n1cc(C2CC2)nn1. The number of nitrogens with one attached hydrogen (secondary N) is 1. The standard InChI is InChI=1S/C25H32F3N5O5/c1-24(2,3)21(33-12-17(30-31-33)14-8-9-14)23(37)32-11-15(35)10-19(32)22(36)29-18(13-34)16-6-4-5-7-20(16)38-25(26,27)28/h4-7,12,14-15,18-19,21,34-35H,8-11,13H2,1-3H3,(H,29,36)/t15-,18?,19+,21-/m1/s1. The molecule has 2 aromatic rings. The Kier molecular flexibility index (Phi) is 7.71. The molecule has 2 aliphatic rings. The molecule has 10 nitrogen and oxygen atoms in total. The van der Waals surface area contributed by atoms with Gasteiger partial charge in [0.1, 0.15) is 17.8 Å². The minimum absolute atomic E-state index is 0.0715. The number of benzene rings is 1. The summed E-state index contributed by atoms with van der Waals surface area (Å²) in [7, 11) is 0. The summed E-state index contributed by atoms with van der Waals surface area (Å²) in [6, 6.07) is 1.98. The predicted octanol–water partition coefficient (Wildman–Crippen LogP) is 2.45. The number of carbonyl (C=O) groups is 2. The number of alkyl halides is 3. The highest BCUT2D eigenvalue weighted by Gasteiger charge is 2.46. The van der Waals surface area contributed by atoms with Crippen molar-refractivity contribution >= 4 is 11.8 Å². The van der Waals surface area contributed by atoms with Gasteiger partial charge in [-0.1, -0.05) is 44.2 Å². The maximum Gasteiger partial charge on any atom is 0.573 e. The minimum Gasteiger partial charge on any atom is -0.405 e. The topological polar surface area (TPSA) is 130 Å². The number of amides is 2. The lowest BCUT2D eigenvalue weighted by Gasteiger charge is -2.35. The fourth-order valence-electron chi connectivity index (χ4n) is 4.80. The van der Waals surface area contributed by atoms with Crippen LogP contribution in [0.1, 0.15) is 69.3 Å². The first-order valence-corrected chi connectivity index (χ1v) is 12.4. The molecule has 1 aliphatic carbocycles. The van der Waals surface area contributed by atoms with E-state index in [0.29, 0.717) is 5.92 Å². The second kappa shape index (κ2) is 10.5. The van der Waals surface area contributed by atoms with Crippen LogP contribution in [0.25, 0.3) is 0 Å². The first-order chi connectivity index (χ1) is 17.8. The largest absolute Gasteiger partial charge is 0.573 e. The average molecular weight is 540 g/mol. The zero-order chi connectivity index (χ0) is 27.8. The molecule has 1 aromatic heterocycles. The molecule has 1 aromatic carbocycles. The molecule has 2 amide bonds. The molecule has 0 spiro atoms. The number of aliphatic hydroxyl groups excluding tert-OH is 2. The van der Waals surface area contributed by atoms with E-state index in [-0.39, 0.29) is 18.5 Å². The Bertz CT molecular complexity index is 1160. The Balaban J connectivity index is 1.56. The third-order valence-corrected chi connectivity index (χ3v) is 6.73. The van der Waals surface area contributed by atoms with E-state index in [9.17, 15) is 33.0 Å². The zero-order valence-electron chi connectivity index (χ0n) is 21.4. The Labute approximate surface area is 217 Å². The van der Waals surface area contributed by atoms with Crippen LogP contribution in [0.15, 0.2) is 30.5 Å². The molecular weight excluding hydrogens is 507 g/mol. The van der Waals surface area contributed by atoms with Gasteiger partial charge in [0.2, 0.25) is 11.8 Å². The molecule has 13 heteroatoms. The van der Waals surface area contributed by atoms with Gasteiger partial charge in [0.05, 0.1) is 24.4 Å². The molecular formula is C25H32F3N5O5. The van der Waals surface area contributed by atoms with Crippen LogP contribution in [-0.4, -0.2) is 73.6 Å².